The van der Waals surface area contributed by atoms with E-state index in [0.717, 1.165) is 32.5 Å². The van der Waals surface area contributed by atoms with Crippen LogP contribution in [0.2, 0.25) is 0 Å². The van der Waals surface area contributed by atoms with Crippen LogP contribution in [0.15, 0.2) is 12.1 Å². The van der Waals surface area contributed by atoms with Gasteiger partial charge in [-0.15, -0.1) is 0 Å². The predicted octanol–water partition coefficient (Wildman–Crippen LogP) is 3.64. The van der Waals surface area contributed by atoms with Crippen molar-refractivity contribution in [3.05, 3.63) is 29.6 Å². The number of anilines is 1. The van der Waals surface area contributed by atoms with E-state index in [2.05, 4.69) is 24.1 Å². The zero-order valence-corrected chi connectivity index (χ0v) is 11.9. The van der Waals surface area contributed by atoms with Gasteiger partial charge in [0.05, 0.1) is 0 Å². The van der Waals surface area contributed by atoms with Crippen LogP contribution >= 0.6 is 0 Å². The molecule has 1 saturated heterocycles. The molecular weight excluding hydrogens is 265 g/mol. The van der Waals surface area contributed by atoms with Gasteiger partial charge in [-0.1, -0.05) is 13.8 Å². The average Bonchev–Trinajstić information content (AvgIpc) is 2.35. The molecule has 0 spiro atoms. The second-order valence-corrected chi connectivity index (χ2v) is 5.86. The minimum absolute atomic E-state index is 0.0351. The summed E-state index contributed by atoms with van der Waals surface area (Å²) in [5.74, 6) is -2.01. The summed E-state index contributed by atoms with van der Waals surface area (Å²) in [6.45, 7) is 7.23. The Morgan fingerprint density at radius 2 is 1.70 bits per heavy atom. The molecule has 1 heterocycles. The molecule has 2 nitrogen and oxygen atoms in total. The molecule has 0 radical (unpaired) electrons. The zero-order valence-electron chi connectivity index (χ0n) is 11.9. The van der Waals surface area contributed by atoms with E-state index >= 15 is 0 Å². The average molecular weight is 286 g/mol. The lowest BCUT2D eigenvalue weighted by molar-refractivity contribution is 0.197. The Bertz CT molecular complexity index is 431. The third kappa shape index (κ3) is 3.88. The van der Waals surface area contributed by atoms with E-state index in [9.17, 15) is 13.2 Å². The van der Waals surface area contributed by atoms with Crippen LogP contribution in [-0.4, -0.2) is 30.6 Å². The molecule has 0 unspecified atom stereocenters. The molecule has 1 aromatic rings. The molecule has 0 amide bonds. The highest BCUT2D eigenvalue weighted by Crippen LogP contribution is 2.23. The Hall–Kier alpha value is -1.23. The Labute approximate surface area is 118 Å². The quantitative estimate of drug-likeness (QED) is 0.909. The fraction of sp³-hybridized carbons (Fsp3) is 0.600. The van der Waals surface area contributed by atoms with Gasteiger partial charge in [0.15, 0.2) is 11.6 Å². The van der Waals surface area contributed by atoms with Gasteiger partial charge in [-0.25, -0.2) is 13.2 Å². The van der Waals surface area contributed by atoms with Crippen molar-refractivity contribution in [3.63, 3.8) is 0 Å². The van der Waals surface area contributed by atoms with E-state index < -0.39 is 17.5 Å². The predicted molar refractivity (Wildman–Crippen MR) is 74.2 cm³/mol. The molecule has 5 heteroatoms. The smallest absolute Gasteiger partial charge is 0.152 e. The number of nitrogens with zero attached hydrogens (tertiary/aromatic N) is 1. The number of rotatable bonds is 4. The van der Waals surface area contributed by atoms with Gasteiger partial charge in [-0.2, -0.15) is 0 Å². The van der Waals surface area contributed by atoms with Gasteiger partial charge >= 0.3 is 0 Å². The molecule has 20 heavy (non-hydrogen) atoms. The molecule has 1 N–H and O–H groups in total. The Kier molecular flexibility index (Phi) is 4.91. The molecule has 112 valence electrons. The number of hydrogen-bond acceptors (Lipinski definition) is 2. The van der Waals surface area contributed by atoms with E-state index in [-0.39, 0.29) is 11.7 Å². The molecule has 1 aliphatic heterocycles. The van der Waals surface area contributed by atoms with Crippen molar-refractivity contribution in [1.29, 1.82) is 0 Å². The fourth-order valence-corrected chi connectivity index (χ4v) is 2.66. The maximum absolute atomic E-state index is 13.6. The van der Waals surface area contributed by atoms with Crippen molar-refractivity contribution in [2.45, 2.75) is 32.7 Å². The summed E-state index contributed by atoms with van der Waals surface area (Å²) in [5, 5.41) is 2.88. The van der Waals surface area contributed by atoms with Gasteiger partial charge in [0.25, 0.3) is 0 Å². The van der Waals surface area contributed by atoms with Crippen LogP contribution in [0.5, 0.6) is 0 Å². The van der Waals surface area contributed by atoms with Crippen molar-refractivity contribution >= 4 is 5.69 Å². The number of hydrogen-bond donors (Lipinski definition) is 1. The van der Waals surface area contributed by atoms with E-state index in [0.29, 0.717) is 18.1 Å². The third-order valence-corrected chi connectivity index (χ3v) is 3.57. The van der Waals surface area contributed by atoms with Crippen LogP contribution < -0.4 is 5.32 Å². The van der Waals surface area contributed by atoms with E-state index in [1.807, 2.05) is 0 Å². The minimum atomic E-state index is -0.891. The Morgan fingerprint density at radius 1 is 1.15 bits per heavy atom. The monoisotopic (exact) mass is 286 g/mol. The molecular formula is C15H21F3N2. The summed E-state index contributed by atoms with van der Waals surface area (Å²) in [7, 11) is 0. The maximum atomic E-state index is 13.6. The van der Waals surface area contributed by atoms with Crippen LogP contribution in [0, 0.1) is 23.4 Å². The number of nitrogens with one attached hydrogen (secondary N) is 1. The first-order valence-corrected chi connectivity index (χ1v) is 7.09. The Morgan fingerprint density at radius 3 is 2.20 bits per heavy atom. The standard InChI is InChI=1S/C15H21F3N2/c1-10(2)9-20-5-3-12(4-6-20)19-15-13(17)7-11(16)8-14(15)18/h7-8,10,12,19H,3-6,9H2,1-2H3. The van der Waals surface area contributed by atoms with Crippen molar-refractivity contribution in [2.24, 2.45) is 5.92 Å². The molecule has 0 saturated carbocycles. The maximum Gasteiger partial charge on any atom is 0.152 e. The number of halogens is 3. The first kappa shape index (κ1) is 15.2. The minimum Gasteiger partial charge on any atom is -0.377 e. The van der Waals surface area contributed by atoms with E-state index in [4.69, 9.17) is 0 Å². The van der Waals surface area contributed by atoms with Crippen molar-refractivity contribution < 1.29 is 13.2 Å². The summed E-state index contributed by atoms with van der Waals surface area (Å²) < 4.78 is 40.0. The molecule has 0 aromatic heterocycles. The first-order chi connectivity index (χ1) is 9.45. The summed E-state index contributed by atoms with van der Waals surface area (Å²) in [4.78, 5) is 2.36. The van der Waals surface area contributed by atoms with Crippen LogP contribution in [0.3, 0.4) is 0 Å². The second kappa shape index (κ2) is 6.48. The largest absolute Gasteiger partial charge is 0.377 e. The lowest BCUT2D eigenvalue weighted by Crippen LogP contribution is -2.40. The van der Waals surface area contributed by atoms with Crippen LogP contribution in [-0.2, 0) is 0 Å². The van der Waals surface area contributed by atoms with Crippen molar-refractivity contribution in [3.8, 4) is 0 Å². The second-order valence-electron chi connectivity index (χ2n) is 5.86. The summed E-state index contributed by atoms with van der Waals surface area (Å²) in [6, 6.07) is 1.45. The van der Waals surface area contributed by atoms with Gasteiger partial charge < -0.3 is 10.2 Å². The van der Waals surface area contributed by atoms with Crippen LogP contribution in [0.4, 0.5) is 18.9 Å². The summed E-state index contributed by atoms with van der Waals surface area (Å²) >= 11 is 0. The van der Waals surface area contributed by atoms with Crippen molar-refractivity contribution in [1.82, 2.24) is 4.90 Å². The molecule has 1 aromatic carbocycles. The highest BCUT2D eigenvalue weighted by Gasteiger charge is 2.22. The highest BCUT2D eigenvalue weighted by atomic mass is 19.1. The third-order valence-electron chi connectivity index (χ3n) is 3.57. The molecule has 1 aliphatic rings. The lowest BCUT2D eigenvalue weighted by atomic mass is 10.0. The number of benzene rings is 1. The Balaban J connectivity index is 1.93. The van der Waals surface area contributed by atoms with Crippen LogP contribution in [0.25, 0.3) is 0 Å². The summed E-state index contributed by atoms with van der Waals surface area (Å²) in [5.41, 5.74) is -0.214. The van der Waals surface area contributed by atoms with E-state index in [1.165, 1.54) is 0 Å². The van der Waals surface area contributed by atoms with E-state index in [1.54, 1.807) is 0 Å². The zero-order chi connectivity index (χ0) is 14.7. The molecule has 2 rings (SSSR count). The first-order valence-electron chi connectivity index (χ1n) is 7.09. The van der Waals surface area contributed by atoms with Crippen molar-refractivity contribution in [2.75, 3.05) is 25.0 Å². The number of piperidine rings is 1. The topological polar surface area (TPSA) is 15.3 Å². The summed E-state index contributed by atoms with van der Waals surface area (Å²) in [6.07, 6.45) is 1.67. The lowest BCUT2D eigenvalue weighted by Gasteiger charge is -2.33. The van der Waals surface area contributed by atoms with Crippen LogP contribution in [0.1, 0.15) is 26.7 Å². The fourth-order valence-electron chi connectivity index (χ4n) is 2.66. The number of likely N-dealkylation sites (tertiary alicyclic amines) is 1. The molecule has 0 aliphatic carbocycles. The molecule has 1 fully saturated rings. The normalized spacial score (nSPS) is 17.7. The van der Waals surface area contributed by atoms with Gasteiger partial charge in [-0.05, 0) is 18.8 Å². The highest BCUT2D eigenvalue weighted by molar-refractivity contribution is 5.47. The van der Waals surface area contributed by atoms with Gasteiger partial charge in [-0.3, -0.25) is 0 Å². The van der Waals surface area contributed by atoms with Gasteiger partial charge in [0.2, 0.25) is 0 Å². The van der Waals surface area contributed by atoms with Gasteiger partial charge in [0, 0.05) is 37.8 Å². The molecule has 0 bridgehead atoms. The SMILES string of the molecule is CC(C)CN1CCC(Nc2c(F)cc(F)cc2F)CC1. The van der Waals surface area contributed by atoms with Gasteiger partial charge in [0.1, 0.15) is 11.5 Å². The molecule has 0 atom stereocenters.